The molecule has 1 aromatic heterocycles. The molecule has 0 radical (unpaired) electrons. The van der Waals surface area contributed by atoms with Gasteiger partial charge in [-0.05, 0) is 59.7 Å². The largest absolute Gasteiger partial charge is 0.508 e. The number of phenols is 2. The molecule has 2 N–H and O–H groups in total. The summed E-state index contributed by atoms with van der Waals surface area (Å²) in [5, 5.41) is 19.0. The normalized spacial score (nSPS) is 11.0. The molecular weight excluding hydrogens is 290 g/mol. The summed E-state index contributed by atoms with van der Waals surface area (Å²) in [6.07, 6.45) is 0. The van der Waals surface area contributed by atoms with Crippen molar-refractivity contribution in [3.8, 4) is 34.1 Å². The van der Waals surface area contributed by atoms with Crippen molar-refractivity contribution in [1.82, 2.24) is 4.98 Å². The molecule has 0 aliphatic rings. The van der Waals surface area contributed by atoms with E-state index in [0.717, 1.165) is 22.2 Å². The van der Waals surface area contributed by atoms with Crippen LogP contribution in [-0.2, 0) is 0 Å². The molecule has 23 heavy (non-hydrogen) atoms. The zero-order valence-corrected chi connectivity index (χ0v) is 12.1. The average molecular weight is 303 g/mol. The number of aromatic hydroxyl groups is 2. The fraction of sp³-hybridized carbons (Fsp3) is 0. The van der Waals surface area contributed by atoms with Gasteiger partial charge in [0.1, 0.15) is 17.0 Å². The highest BCUT2D eigenvalue weighted by Crippen LogP contribution is 2.30. The van der Waals surface area contributed by atoms with Gasteiger partial charge in [0.05, 0.1) is 0 Å². The van der Waals surface area contributed by atoms with Gasteiger partial charge in [0.15, 0.2) is 5.58 Å². The molecule has 4 aromatic rings. The Morgan fingerprint density at radius 3 is 2.22 bits per heavy atom. The lowest BCUT2D eigenvalue weighted by Gasteiger charge is -2.01. The number of fused-ring (bicyclic) bond motifs is 1. The first-order valence-electron chi connectivity index (χ1n) is 7.18. The molecule has 0 aliphatic carbocycles. The Hall–Kier alpha value is -3.27. The first kappa shape index (κ1) is 13.4. The van der Waals surface area contributed by atoms with E-state index in [1.54, 1.807) is 42.5 Å². The summed E-state index contributed by atoms with van der Waals surface area (Å²) in [5.74, 6) is 0.939. The Morgan fingerprint density at radius 1 is 0.696 bits per heavy atom. The fourth-order valence-corrected chi connectivity index (χ4v) is 2.52. The summed E-state index contributed by atoms with van der Waals surface area (Å²) < 4.78 is 5.83. The minimum atomic E-state index is 0.205. The SMILES string of the molecule is Oc1ccc(-c2nc3ccc(-c4cccc(O)c4)cc3o2)cc1. The van der Waals surface area contributed by atoms with Crippen molar-refractivity contribution in [1.29, 1.82) is 0 Å². The molecule has 0 aliphatic heterocycles. The van der Waals surface area contributed by atoms with Gasteiger partial charge in [-0.2, -0.15) is 0 Å². The maximum Gasteiger partial charge on any atom is 0.227 e. The summed E-state index contributed by atoms with van der Waals surface area (Å²) in [7, 11) is 0. The molecule has 0 saturated heterocycles. The van der Waals surface area contributed by atoms with Gasteiger partial charge < -0.3 is 14.6 Å². The van der Waals surface area contributed by atoms with Gasteiger partial charge >= 0.3 is 0 Å². The smallest absolute Gasteiger partial charge is 0.227 e. The van der Waals surface area contributed by atoms with Crippen LogP contribution in [0.2, 0.25) is 0 Å². The van der Waals surface area contributed by atoms with Crippen molar-refractivity contribution >= 4 is 11.1 Å². The van der Waals surface area contributed by atoms with E-state index >= 15 is 0 Å². The molecule has 0 bridgehead atoms. The summed E-state index contributed by atoms with van der Waals surface area (Å²) in [6.45, 7) is 0. The van der Waals surface area contributed by atoms with Crippen LogP contribution in [0.25, 0.3) is 33.7 Å². The third-order valence-corrected chi connectivity index (χ3v) is 3.68. The van der Waals surface area contributed by atoms with E-state index in [9.17, 15) is 10.2 Å². The highest BCUT2D eigenvalue weighted by Gasteiger charge is 2.09. The molecule has 0 unspecified atom stereocenters. The zero-order chi connectivity index (χ0) is 15.8. The summed E-state index contributed by atoms with van der Waals surface area (Å²) in [4.78, 5) is 4.47. The van der Waals surface area contributed by atoms with E-state index in [1.807, 2.05) is 24.3 Å². The number of benzene rings is 3. The van der Waals surface area contributed by atoms with Gasteiger partial charge in [0, 0.05) is 5.56 Å². The molecule has 0 spiro atoms. The highest BCUT2D eigenvalue weighted by atomic mass is 16.3. The van der Waals surface area contributed by atoms with Crippen LogP contribution in [0.4, 0.5) is 0 Å². The van der Waals surface area contributed by atoms with Gasteiger partial charge in [0.25, 0.3) is 0 Å². The molecular formula is C19H13NO3. The molecule has 4 rings (SSSR count). The molecule has 1 heterocycles. The van der Waals surface area contributed by atoms with Gasteiger partial charge in [-0.15, -0.1) is 0 Å². The molecule has 4 nitrogen and oxygen atoms in total. The Morgan fingerprint density at radius 2 is 1.43 bits per heavy atom. The predicted molar refractivity (Wildman–Crippen MR) is 88.2 cm³/mol. The van der Waals surface area contributed by atoms with E-state index in [2.05, 4.69) is 4.98 Å². The van der Waals surface area contributed by atoms with Crippen LogP contribution in [0.3, 0.4) is 0 Å². The number of oxazole rings is 1. The minimum Gasteiger partial charge on any atom is -0.508 e. The van der Waals surface area contributed by atoms with Crippen molar-refractivity contribution in [3.63, 3.8) is 0 Å². The first-order chi connectivity index (χ1) is 11.2. The standard InChI is InChI=1S/C19H13NO3/c21-15-7-4-12(5-8-15)19-20-17-9-6-14(11-18(17)23-19)13-2-1-3-16(22)10-13/h1-11,21-22H. The number of hydrogen-bond donors (Lipinski definition) is 2. The lowest BCUT2D eigenvalue weighted by molar-refractivity contribution is 0.475. The van der Waals surface area contributed by atoms with Crippen molar-refractivity contribution < 1.29 is 14.6 Å². The topological polar surface area (TPSA) is 66.5 Å². The van der Waals surface area contributed by atoms with Crippen LogP contribution < -0.4 is 0 Å². The highest BCUT2D eigenvalue weighted by molar-refractivity contribution is 5.82. The predicted octanol–water partition coefficient (Wildman–Crippen LogP) is 4.57. The number of hydrogen-bond acceptors (Lipinski definition) is 4. The molecule has 0 saturated carbocycles. The van der Waals surface area contributed by atoms with E-state index in [-0.39, 0.29) is 11.5 Å². The Bertz CT molecular complexity index is 987. The third kappa shape index (κ3) is 2.51. The Balaban J connectivity index is 1.79. The molecule has 112 valence electrons. The Kier molecular flexibility index (Phi) is 3.01. The van der Waals surface area contributed by atoms with E-state index in [4.69, 9.17) is 4.42 Å². The number of nitrogens with zero attached hydrogens (tertiary/aromatic N) is 1. The second kappa shape index (κ2) is 5.18. The van der Waals surface area contributed by atoms with Crippen molar-refractivity contribution in [2.24, 2.45) is 0 Å². The lowest BCUT2D eigenvalue weighted by atomic mass is 10.1. The van der Waals surface area contributed by atoms with Crippen LogP contribution in [0.15, 0.2) is 71.1 Å². The van der Waals surface area contributed by atoms with Gasteiger partial charge in [-0.25, -0.2) is 4.98 Å². The van der Waals surface area contributed by atoms with E-state index in [0.29, 0.717) is 11.5 Å². The summed E-state index contributed by atoms with van der Waals surface area (Å²) >= 11 is 0. The van der Waals surface area contributed by atoms with Crippen molar-refractivity contribution in [2.45, 2.75) is 0 Å². The average Bonchev–Trinajstić information content (AvgIpc) is 2.98. The van der Waals surface area contributed by atoms with Crippen LogP contribution in [0.5, 0.6) is 11.5 Å². The maximum atomic E-state index is 9.61. The lowest BCUT2D eigenvalue weighted by Crippen LogP contribution is -1.77. The number of aromatic nitrogens is 1. The quantitative estimate of drug-likeness (QED) is 0.569. The number of rotatable bonds is 2. The summed E-state index contributed by atoms with van der Waals surface area (Å²) in [6, 6.07) is 19.5. The monoisotopic (exact) mass is 303 g/mol. The minimum absolute atomic E-state index is 0.205. The molecule has 4 heteroatoms. The zero-order valence-electron chi connectivity index (χ0n) is 12.1. The second-order valence-corrected chi connectivity index (χ2v) is 5.30. The van der Waals surface area contributed by atoms with Crippen LogP contribution in [-0.4, -0.2) is 15.2 Å². The van der Waals surface area contributed by atoms with E-state index in [1.165, 1.54) is 0 Å². The summed E-state index contributed by atoms with van der Waals surface area (Å²) in [5.41, 5.74) is 4.10. The Labute approximate surface area is 132 Å². The molecule has 0 amide bonds. The van der Waals surface area contributed by atoms with Gasteiger partial charge in [0.2, 0.25) is 5.89 Å². The number of phenolic OH excluding ortho intramolecular Hbond substituents is 2. The van der Waals surface area contributed by atoms with Crippen LogP contribution >= 0.6 is 0 Å². The molecule has 0 atom stereocenters. The second-order valence-electron chi connectivity index (χ2n) is 5.30. The molecule has 3 aromatic carbocycles. The van der Waals surface area contributed by atoms with Gasteiger partial charge in [-0.1, -0.05) is 18.2 Å². The van der Waals surface area contributed by atoms with Crippen LogP contribution in [0, 0.1) is 0 Å². The van der Waals surface area contributed by atoms with Crippen molar-refractivity contribution in [3.05, 3.63) is 66.7 Å². The van der Waals surface area contributed by atoms with Gasteiger partial charge in [-0.3, -0.25) is 0 Å². The van der Waals surface area contributed by atoms with Crippen LogP contribution in [0.1, 0.15) is 0 Å². The first-order valence-corrected chi connectivity index (χ1v) is 7.18. The van der Waals surface area contributed by atoms with Crippen molar-refractivity contribution in [2.75, 3.05) is 0 Å². The third-order valence-electron chi connectivity index (χ3n) is 3.68. The molecule has 0 fully saturated rings. The fourth-order valence-electron chi connectivity index (χ4n) is 2.52. The van der Waals surface area contributed by atoms with E-state index < -0.39 is 0 Å². The maximum absolute atomic E-state index is 9.61.